The first-order valence-electron chi connectivity index (χ1n) is 7.69. The first-order chi connectivity index (χ1) is 11.6. The third-order valence-electron chi connectivity index (χ3n) is 4.03. The first-order valence-corrected chi connectivity index (χ1v) is 7.69. The van der Waals surface area contributed by atoms with Crippen molar-refractivity contribution >= 4 is 5.91 Å². The van der Waals surface area contributed by atoms with Crippen LogP contribution in [0.25, 0.3) is 0 Å². The van der Waals surface area contributed by atoms with Crippen LogP contribution in [0.15, 0.2) is 24.3 Å². The fourth-order valence-electron chi connectivity index (χ4n) is 2.78. The molecule has 1 amide bonds. The van der Waals surface area contributed by atoms with Gasteiger partial charge in [-0.25, -0.2) is 4.39 Å². The average Bonchev–Trinajstić information content (AvgIpc) is 2.99. The van der Waals surface area contributed by atoms with E-state index in [9.17, 15) is 9.18 Å². The van der Waals surface area contributed by atoms with Gasteiger partial charge in [-0.1, -0.05) is 0 Å². The molecule has 1 aromatic heterocycles. The summed E-state index contributed by atoms with van der Waals surface area (Å²) in [6, 6.07) is 5.39. The van der Waals surface area contributed by atoms with Gasteiger partial charge in [0.15, 0.2) is 18.3 Å². The molecule has 0 N–H and O–H groups in total. The van der Waals surface area contributed by atoms with E-state index in [1.54, 1.807) is 12.0 Å². The summed E-state index contributed by atoms with van der Waals surface area (Å²) in [5.41, 5.74) is 0. The molecular formula is C16H19FN4O3. The zero-order valence-electron chi connectivity index (χ0n) is 13.6. The van der Waals surface area contributed by atoms with Gasteiger partial charge in [0.1, 0.15) is 18.2 Å². The second-order valence-corrected chi connectivity index (χ2v) is 5.56. The van der Waals surface area contributed by atoms with Gasteiger partial charge >= 0.3 is 0 Å². The molecule has 0 spiro atoms. The zero-order valence-corrected chi connectivity index (χ0v) is 13.6. The van der Waals surface area contributed by atoms with E-state index in [2.05, 4.69) is 10.2 Å². The van der Waals surface area contributed by atoms with E-state index in [0.717, 1.165) is 11.6 Å². The third-order valence-corrected chi connectivity index (χ3v) is 4.03. The molecule has 3 rings (SSSR count). The van der Waals surface area contributed by atoms with Crippen molar-refractivity contribution in [1.82, 2.24) is 19.7 Å². The monoisotopic (exact) mass is 334 g/mol. The van der Waals surface area contributed by atoms with Crippen LogP contribution >= 0.6 is 0 Å². The van der Waals surface area contributed by atoms with E-state index in [1.807, 2.05) is 11.5 Å². The maximum Gasteiger partial charge on any atom is 0.261 e. The van der Waals surface area contributed by atoms with Crippen molar-refractivity contribution in [1.29, 1.82) is 0 Å². The predicted octanol–water partition coefficient (Wildman–Crippen LogP) is 1.55. The minimum atomic E-state index is -0.343. The lowest BCUT2D eigenvalue weighted by Gasteiger charge is -2.33. The molecule has 0 saturated carbocycles. The van der Waals surface area contributed by atoms with Gasteiger partial charge in [-0.2, -0.15) is 0 Å². The topological polar surface area (TPSA) is 69.5 Å². The highest BCUT2D eigenvalue weighted by Gasteiger charge is 2.31. The molecule has 2 heterocycles. The summed E-state index contributed by atoms with van der Waals surface area (Å²) in [5.74, 6) is 1.47. The van der Waals surface area contributed by atoms with Crippen LogP contribution in [0.2, 0.25) is 0 Å². The van der Waals surface area contributed by atoms with Crippen LogP contribution in [0.4, 0.5) is 4.39 Å². The second-order valence-electron chi connectivity index (χ2n) is 5.56. The number of nitrogens with zero attached hydrogens (tertiary/aromatic N) is 4. The Kier molecular flexibility index (Phi) is 4.75. The molecule has 1 aromatic carbocycles. The highest BCUT2D eigenvalue weighted by atomic mass is 19.1. The van der Waals surface area contributed by atoms with Gasteiger partial charge < -0.3 is 18.9 Å². The predicted molar refractivity (Wildman–Crippen MR) is 82.8 cm³/mol. The molecule has 7 nitrogen and oxygen atoms in total. The molecule has 1 aliphatic heterocycles. The van der Waals surface area contributed by atoms with Crippen molar-refractivity contribution in [2.75, 3.05) is 20.3 Å². The molecular weight excluding hydrogens is 315 g/mol. The van der Waals surface area contributed by atoms with Crippen molar-refractivity contribution in [2.24, 2.45) is 0 Å². The van der Waals surface area contributed by atoms with E-state index in [-0.39, 0.29) is 24.4 Å². The number of ether oxygens (including phenoxy) is 2. The van der Waals surface area contributed by atoms with E-state index in [1.165, 1.54) is 24.3 Å². The Morgan fingerprint density at radius 1 is 1.29 bits per heavy atom. The van der Waals surface area contributed by atoms with E-state index in [0.29, 0.717) is 25.4 Å². The molecule has 128 valence electrons. The van der Waals surface area contributed by atoms with E-state index < -0.39 is 0 Å². The van der Waals surface area contributed by atoms with Crippen LogP contribution in [0.5, 0.6) is 5.75 Å². The molecule has 0 fully saturated rings. The molecule has 0 unspecified atom stereocenters. The van der Waals surface area contributed by atoms with Gasteiger partial charge in [0.2, 0.25) is 0 Å². The SMILES string of the molecule is COCc1nnc2n1CCN(C(=O)COc1ccc(F)cc1)[C@H]2C. The minimum Gasteiger partial charge on any atom is -0.484 e. The van der Waals surface area contributed by atoms with Crippen molar-refractivity contribution in [3.63, 3.8) is 0 Å². The number of halogens is 1. The first kappa shape index (κ1) is 16.4. The molecule has 0 aliphatic carbocycles. The Bertz CT molecular complexity index is 717. The van der Waals surface area contributed by atoms with Gasteiger partial charge in [0, 0.05) is 20.2 Å². The molecule has 24 heavy (non-hydrogen) atoms. The summed E-state index contributed by atoms with van der Waals surface area (Å²) in [4.78, 5) is 14.1. The lowest BCUT2D eigenvalue weighted by molar-refractivity contribution is -0.136. The molecule has 8 heteroatoms. The van der Waals surface area contributed by atoms with Crippen molar-refractivity contribution in [3.05, 3.63) is 41.7 Å². The van der Waals surface area contributed by atoms with Gasteiger partial charge in [0.05, 0.1) is 6.04 Å². The third kappa shape index (κ3) is 3.23. The van der Waals surface area contributed by atoms with Crippen molar-refractivity contribution in [2.45, 2.75) is 26.1 Å². The average molecular weight is 334 g/mol. The number of fused-ring (bicyclic) bond motifs is 1. The molecule has 1 atom stereocenters. The zero-order chi connectivity index (χ0) is 17.1. The summed E-state index contributed by atoms with van der Waals surface area (Å²) in [5, 5.41) is 8.29. The number of methoxy groups -OCH3 is 1. The van der Waals surface area contributed by atoms with Crippen LogP contribution in [-0.4, -0.2) is 45.8 Å². The number of benzene rings is 1. The molecule has 0 bridgehead atoms. The Morgan fingerprint density at radius 2 is 2.04 bits per heavy atom. The molecule has 0 saturated heterocycles. The van der Waals surface area contributed by atoms with Crippen LogP contribution in [-0.2, 0) is 22.7 Å². The number of aromatic nitrogens is 3. The van der Waals surface area contributed by atoms with Crippen LogP contribution < -0.4 is 4.74 Å². The smallest absolute Gasteiger partial charge is 0.261 e. The molecule has 1 aliphatic rings. The maximum atomic E-state index is 12.9. The summed E-state index contributed by atoms with van der Waals surface area (Å²) < 4.78 is 25.4. The Labute approximate surface area is 139 Å². The fourth-order valence-corrected chi connectivity index (χ4v) is 2.78. The van der Waals surface area contributed by atoms with Gasteiger partial charge in [-0.15, -0.1) is 10.2 Å². The summed E-state index contributed by atoms with van der Waals surface area (Å²) in [6.07, 6.45) is 0. The highest BCUT2D eigenvalue weighted by Crippen LogP contribution is 2.24. The summed E-state index contributed by atoms with van der Waals surface area (Å²) in [6.45, 7) is 3.37. The normalized spacial score (nSPS) is 16.8. The summed E-state index contributed by atoms with van der Waals surface area (Å²) >= 11 is 0. The molecule has 0 radical (unpaired) electrons. The van der Waals surface area contributed by atoms with E-state index in [4.69, 9.17) is 9.47 Å². The van der Waals surface area contributed by atoms with Gasteiger partial charge in [-0.3, -0.25) is 4.79 Å². The minimum absolute atomic E-state index is 0.102. The van der Waals surface area contributed by atoms with Crippen LogP contribution in [0, 0.1) is 5.82 Å². The number of carbonyl (C=O) groups is 1. The van der Waals surface area contributed by atoms with Crippen molar-refractivity contribution in [3.8, 4) is 5.75 Å². The largest absolute Gasteiger partial charge is 0.484 e. The number of hydrogen-bond donors (Lipinski definition) is 0. The second kappa shape index (κ2) is 6.96. The quantitative estimate of drug-likeness (QED) is 0.830. The lowest BCUT2D eigenvalue weighted by Crippen LogP contribution is -2.43. The Balaban J connectivity index is 1.64. The van der Waals surface area contributed by atoms with Crippen LogP contribution in [0.3, 0.4) is 0 Å². The number of hydrogen-bond acceptors (Lipinski definition) is 5. The Hall–Kier alpha value is -2.48. The van der Waals surface area contributed by atoms with Crippen LogP contribution in [0.1, 0.15) is 24.6 Å². The van der Waals surface area contributed by atoms with Crippen molar-refractivity contribution < 1.29 is 18.7 Å². The van der Waals surface area contributed by atoms with Gasteiger partial charge in [0.25, 0.3) is 5.91 Å². The number of carbonyl (C=O) groups excluding carboxylic acids is 1. The standard InChI is InChI=1S/C16H19FN4O3/c1-11-16-19-18-14(9-23-2)21(16)8-7-20(11)15(22)10-24-13-5-3-12(17)4-6-13/h3-6,11H,7-10H2,1-2H3/t11-/m0/s1. The maximum absolute atomic E-state index is 12.9. The number of amides is 1. The fraction of sp³-hybridized carbons (Fsp3) is 0.438. The Morgan fingerprint density at radius 3 is 2.75 bits per heavy atom. The highest BCUT2D eigenvalue weighted by molar-refractivity contribution is 5.78. The lowest BCUT2D eigenvalue weighted by atomic mass is 10.2. The molecule has 2 aromatic rings. The summed E-state index contributed by atoms with van der Waals surface area (Å²) in [7, 11) is 1.61. The van der Waals surface area contributed by atoms with Gasteiger partial charge in [-0.05, 0) is 31.2 Å². The van der Waals surface area contributed by atoms with E-state index >= 15 is 0 Å². The number of rotatable bonds is 5.